The van der Waals surface area contributed by atoms with E-state index in [2.05, 4.69) is 36.2 Å². The van der Waals surface area contributed by atoms with Crippen LogP contribution >= 0.6 is 11.8 Å². The molecule has 3 rings (SSSR count). The van der Waals surface area contributed by atoms with Crippen molar-refractivity contribution in [1.82, 2.24) is 9.55 Å². The molecule has 124 valence electrons. The summed E-state index contributed by atoms with van der Waals surface area (Å²) in [5.41, 5.74) is 1.34. The Morgan fingerprint density at radius 1 is 1.21 bits per heavy atom. The van der Waals surface area contributed by atoms with Crippen molar-refractivity contribution in [2.24, 2.45) is 0 Å². The zero-order valence-electron chi connectivity index (χ0n) is 13.6. The van der Waals surface area contributed by atoms with Crippen LogP contribution in [0.5, 0.6) is 0 Å². The first-order valence-electron chi connectivity index (χ1n) is 8.09. The Morgan fingerprint density at radius 3 is 2.79 bits per heavy atom. The van der Waals surface area contributed by atoms with Crippen LogP contribution in [0.3, 0.4) is 0 Å². The van der Waals surface area contributed by atoms with E-state index in [4.69, 9.17) is 0 Å². The molecule has 0 unspecified atom stereocenters. The number of rotatable bonds is 7. The van der Waals surface area contributed by atoms with Crippen LogP contribution in [0.4, 0.5) is 0 Å². The minimum atomic E-state index is -0.940. The Bertz CT molecular complexity index is 852. The number of benzene rings is 2. The van der Waals surface area contributed by atoms with Crippen LogP contribution in [-0.2, 0) is 6.54 Å². The highest BCUT2D eigenvalue weighted by Crippen LogP contribution is 2.24. The first-order chi connectivity index (χ1) is 11.7. The van der Waals surface area contributed by atoms with Crippen molar-refractivity contribution < 1.29 is 9.90 Å². The fourth-order valence-electron chi connectivity index (χ4n) is 2.71. The van der Waals surface area contributed by atoms with Crippen molar-refractivity contribution in [3.63, 3.8) is 0 Å². The van der Waals surface area contributed by atoms with Crippen molar-refractivity contribution >= 4 is 28.5 Å². The van der Waals surface area contributed by atoms with Gasteiger partial charge in [0.1, 0.15) is 5.69 Å². The Kier molecular flexibility index (Phi) is 5.20. The molecule has 0 atom stereocenters. The Labute approximate surface area is 145 Å². The quantitative estimate of drug-likeness (QED) is 0.501. The van der Waals surface area contributed by atoms with E-state index in [1.54, 1.807) is 11.8 Å². The molecule has 0 saturated carbocycles. The smallest absolute Gasteiger partial charge is 0.354 e. The van der Waals surface area contributed by atoms with Crippen LogP contribution in [0, 0.1) is 0 Å². The summed E-state index contributed by atoms with van der Waals surface area (Å²) in [7, 11) is 0. The summed E-state index contributed by atoms with van der Waals surface area (Å²) in [6.07, 6.45) is 3.67. The van der Waals surface area contributed by atoms with Gasteiger partial charge in [-0.3, -0.25) is 0 Å². The highest BCUT2D eigenvalue weighted by Gasteiger charge is 2.17. The lowest BCUT2D eigenvalue weighted by molar-refractivity contribution is 0.0684. The van der Waals surface area contributed by atoms with Crippen LogP contribution in [0.2, 0.25) is 0 Å². The first kappa shape index (κ1) is 16.6. The summed E-state index contributed by atoms with van der Waals surface area (Å²) in [4.78, 5) is 15.9. The zero-order chi connectivity index (χ0) is 16.9. The van der Waals surface area contributed by atoms with E-state index in [0.717, 1.165) is 40.1 Å². The highest BCUT2D eigenvalue weighted by atomic mass is 32.2. The SMILES string of the molecule is CCCCSc1ncc(C(=O)O)n1Cc1cccc2ccccc12. The van der Waals surface area contributed by atoms with Gasteiger partial charge in [-0.2, -0.15) is 0 Å². The van der Waals surface area contributed by atoms with Gasteiger partial charge in [0.15, 0.2) is 5.16 Å². The maximum atomic E-state index is 11.5. The molecule has 1 N–H and O–H groups in total. The summed E-state index contributed by atoms with van der Waals surface area (Å²) in [6, 6.07) is 14.3. The van der Waals surface area contributed by atoms with Gasteiger partial charge in [0, 0.05) is 5.75 Å². The number of carbonyl (C=O) groups is 1. The molecule has 0 fully saturated rings. The maximum absolute atomic E-state index is 11.5. The number of hydrogen-bond acceptors (Lipinski definition) is 3. The Balaban J connectivity index is 1.98. The number of carboxylic acids is 1. The van der Waals surface area contributed by atoms with Gasteiger partial charge < -0.3 is 9.67 Å². The van der Waals surface area contributed by atoms with Gasteiger partial charge in [-0.15, -0.1) is 0 Å². The fourth-order valence-corrected chi connectivity index (χ4v) is 3.77. The number of thioether (sulfide) groups is 1. The second kappa shape index (κ2) is 7.53. The first-order valence-corrected chi connectivity index (χ1v) is 9.07. The molecule has 5 heteroatoms. The number of imidazole rings is 1. The molecule has 0 radical (unpaired) electrons. The van der Waals surface area contributed by atoms with E-state index >= 15 is 0 Å². The normalized spacial score (nSPS) is 11.0. The van der Waals surface area contributed by atoms with Crippen LogP contribution in [0.1, 0.15) is 35.8 Å². The van der Waals surface area contributed by atoms with Gasteiger partial charge in [0.05, 0.1) is 12.7 Å². The summed E-state index contributed by atoms with van der Waals surface area (Å²) in [5, 5.41) is 12.6. The number of hydrogen-bond donors (Lipinski definition) is 1. The van der Waals surface area contributed by atoms with E-state index in [9.17, 15) is 9.90 Å². The molecule has 0 bridgehead atoms. The van der Waals surface area contributed by atoms with Crippen molar-refractivity contribution in [2.75, 3.05) is 5.75 Å². The van der Waals surface area contributed by atoms with Gasteiger partial charge in [0.2, 0.25) is 0 Å². The van der Waals surface area contributed by atoms with Crippen LogP contribution in [0.25, 0.3) is 10.8 Å². The van der Waals surface area contributed by atoms with Gasteiger partial charge >= 0.3 is 5.97 Å². The molecule has 2 aromatic carbocycles. The summed E-state index contributed by atoms with van der Waals surface area (Å²) < 4.78 is 1.81. The molecule has 24 heavy (non-hydrogen) atoms. The summed E-state index contributed by atoms with van der Waals surface area (Å²) >= 11 is 1.62. The van der Waals surface area contributed by atoms with Gasteiger partial charge in [-0.1, -0.05) is 67.6 Å². The second-order valence-corrected chi connectivity index (χ2v) is 6.72. The zero-order valence-corrected chi connectivity index (χ0v) is 14.4. The molecule has 0 spiro atoms. The third-order valence-corrected chi connectivity index (χ3v) is 5.05. The van der Waals surface area contributed by atoms with Gasteiger partial charge in [-0.05, 0) is 22.8 Å². The molecule has 1 heterocycles. The number of carboxylic acid groups (broad SMARTS) is 1. The van der Waals surface area contributed by atoms with E-state index < -0.39 is 5.97 Å². The molecule has 1 aromatic heterocycles. The maximum Gasteiger partial charge on any atom is 0.354 e. The molecular formula is C19H20N2O2S. The van der Waals surface area contributed by atoms with E-state index in [1.807, 2.05) is 22.8 Å². The number of unbranched alkanes of at least 4 members (excludes halogenated alkanes) is 1. The Morgan fingerprint density at radius 2 is 2.00 bits per heavy atom. The molecule has 0 saturated heterocycles. The Hall–Kier alpha value is -2.27. The van der Waals surface area contributed by atoms with Gasteiger partial charge in [0.25, 0.3) is 0 Å². The average Bonchev–Trinajstić information content (AvgIpc) is 2.98. The third kappa shape index (κ3) is 3.46. The topological polar surface area (TPSA) is 55.1 Å². The number of aromatic carboxylic acids is 1. The van der Waals surface area contributed by atoms with E-state index in [0.29, 0.717) is 6.54 Å². The van der Waals surface area contributed by atoms with Crippen LogP contribution in [0.15, 0.2) is 53.8 Å². The van der Waals surface area contributed by atoms with Crippen LogP contribution < -0.4 is 0 Å². The third-order valence-electron chi connectivity index (χ3n) is 3.98. The average molecular weight is 340 g/mol. The lowest BCUT2D eigenvalue weighted by atomic mass is 10.0. The fraction of sp³-hybridized carbons (Fsp3) is 0.263. The lowest BCUT2D eigenvalue weighted by Gasteiger charge is -2.12. The predicted molar refractivity (Wildman–Crippen MR) is 97.9 cm³/mol. The standard InChI is InChI=1S/C19H20N2O2S/c1-2-3-11-24-19-20-12-17(18(22)23)21(19)13-15-9-6-8-14-7-4-5-10-16(14)15/h4-10,12H,2-3,11,13H2,1H3,(H,22,23). The molecule has 0 aliphatic carbocycles. The second-order valence-electron chi connectivity index (χ2n) is 5.66. The number of nitrogens with zero attached hydrogens (tertiary/aromatic N) is 2. The largest absolute Gasteiger partial charge is 0.477 e. The summed E-state index contributed by atoms with van der Waals surface area (Å²) in [6.45, 7) is 2.66. The minimum Gasteiger partial charge on any atom is -0.477 e. The predicted octanol–water partition coefficient (Wildman–Crippen LogP) is 4.68. The van der Waals surface area contributed by atoms with Gasteiger partial charge in [-0.25, -0.2) is 9.78 Å². The van der Waals surface area contributed by atoms with E-state index in [-0.39, 0.29) is 5.69 Å². The van der Waals surface area contributed by atoms with Crippen molar-refractivity contribution in [2.45, 2.75) is 31.5 Å². The van der Waals surface area contributed by atoms with Crippen LogP contribution in [-0.4, -0.2) is 26.4 Å². The molecule has 0 aliphatic rings. The highest BCUT2D eigenvalue weighted by molar-refractivity contribution is 7.99. The van der Waals surface area contributed by atoms with Crippen molar-refractivity contribution in [1.29, 1.82) is 0 Å². The number of aromatic nitrogens is 2. The lowest BCUT2D eigenvalue weighted by Crippen LogP contribution is -2.11. The van der Waals surface area contributed by atoms with Crippen molar-refractivity contribution in [3.05, 3.63) is 59.9 Å². The number of fused-ring (bicyclic) bond motifs is 1. The molecule has 0 aliphatic heterocycles. The molecule has 4 nitrogen and oxygen atoms in total. The monoisotopic (exact) mass is 340 g/mol. The molecule has 3 aromatic rings. The summed E-state index contributed by atoms with van der Waals surface area (Å²) in [5.74, 6) is 0.00680. The molecular weight excluding hydrogens is 320 g/mol. The molecule has 0 amide bonds. The minimum absolute atomic E-state index is 0.238. The van der Waals surface area contributed by atoms with Crippen molar-refractivity contribution in [3.8, 4) is 0 Å². The van der Waals surface area contributed by atoms with E-state index in [1.165, 1.54) is 6.20 Å².